The molecule has 0 fully saturated rings. The van der Waals surface area contributed by atoms with Crippen LogP contribution in [0.5, 0.6) is 11.5 Å². The fourth-order valence-electron chi connectivity index (χ4n) is 3.19. The van der Waals surface area contributed by atoms with E-state index in [0.29, 0.717) is 16.7 Å². The standard InChI is InChI=1S/C22H29ClN2O5S/c1-15(2)18-8-6-7-9-20(18)30-13-12-24-22(26)16(3)25(31(5,27)28)19-14-17(23)10-11-21(19)29-4/h6-11,14-16H,12-13H2,1-5H3,(H,24,26)/t16-/m1/s1. The van der Waals surface area contributed by atoms with Crippen molar-refractivity contribution < 1.29 is 22.7 Å². The van der Waals surface area contributed by atoms with Crippen LogP contribution in [-0.2, 0) is 14.8 Å². The summed E-state index contributed by atoms with van der Waals surface area (Å²) in [6.45, 7) is 6.14. The third-order valence-corrected chi connectivity index (χ3v) is 6.13. The van der Waals surface area contributed by atoms with Gasteiger partial charge in [0.2, 0.25) is 15.9 Å². The van der Waals surface area contributed by atoms with Gasteiger partial charge < -0.3 is 14.8 Å². The van der Waals surface area contributed by atoms with Crippen LogP contribution in [-0.4, -0.2) is 46.9 Å². The summed E-state index contributed by atoms with van der Waals surface area (Å²) in [4.78, 5) is 12.7. The number of amides is 1. The summed E-state index contributed by atoms with van der Waals surface area (Å²) in [5, 5.41) is 3.06. The molecule has 0 aliphatic carbocycles. The Bertz CT molecular complexity index is 1010. The maximum absolute atomic E-state index is 12.7. The molecule has 9 heteroatoms. The Morgan fingerprint density at radius 1 is 1.13 bits per heavy atom. The van der Waals surface area contributed by atoms with Crippen molar-refractivity contribution in [3.63, 3.8) is 0 Å². The van der Waals surface area contributed by atoms with Crippen LogP contribution in [0.2, 0.25) is 5.02 Å². The lowest BCUT2D eigenvalue weighted by Crippen LogP contribution is -2.48. The Morgan fingerprint density at radius 3 is 2.42 bits per heavy atom. The lowest BCUT2D eigenvalue weighted by atomic mass is 10.0. The number of para-hydroxylation sites is 1. The molecule has 0 saturated carbocycles. The third-order valence-electron chi connectivity index (χ3n) is 4.67. The topological polar surface area (TPSA) is 84.9 Å². The normalized spacial score (nSPS) is 12.4. The summed E-state index contributed by atoms with van der Waals surface area (Å²) in [7, 11) is -2.38. The highest BCUT2D eigenvalue weighted by molar-refractivity contribution is 7.92. The van der Waals surface area contributed by atoms with E-state index in [-0.39, 0.29) is 18.8 Å². The van der Waals surface area contributed by atoms with E-state index in [1.807, 2.05) is 24.3 Å². The summed E-state index contributed by atoms with van der Waals surface area (Å²) < 4.78 is 37.1. The molecule has 1 amide bonds. The molecule has 0 radical (unpaired) electrons. The zero-order valence-corrected chi connectivity index (χ0v) is 20.0. The molecule has 0 heterocycles. The number of benzene rings is 2. The number of methoxy groups -OCH3 is 1. The molecule has 1 atom stereocenters. The molecule has 31 heavy (non-hydrogen) atoms. The molecule has 0 saturated heterocycles. The Balaban J connectivity index is 2.09. The zero-order chi connectivity index (χ0) is 23.2. The minimum atomic E-state index is -3.80. The molecule has 0 aliphatic heterocycles. The Morgan fingerprint density at radius 2 is 1.81 bits per heavy atom. The largest absolute Gasteiger partial charge is 0.495 e. The summed E-state index contributed by atoms with van der Waals surface area (Å²) >= 11 is 6.05. The molecular formula is C22H29ClN2O5S. The quantitative estimate of drug-likeness (QED) is 0.536. The van der Waals surface area contributed by atoms with Crippen molar-refractivity contribution in [2.24, 2.45) is 0 Å². The minimum absolute atomic E-state index is 0.197. The number of sulfonamides is 1. The van der Waals surface area contributed by atoms with Crippen LogP contribution < -0.4 is 19.1 Å². The molecule has 7 nitrogen and oxygen atoms in total. The number of rotatable bonds is 10. The van der Waals surface area contributed by atoms with Gasteiger partial charge in [0.25, 0.3) is 0 Å². The molecule has 1 N–H and O–H groups in total. The zero-order valence-electron chi connectivity index (χ0n) is 18.4. The number of ether oxygens (including phenoxy) is 2. The average Bonchev–Trinajstić information content (AvgIpc) is 2.70. The first-order valence-electron chi connectivity index (χ1n) is 9.88. The summed E-state index contributed by atoms with van der Waals surface area (Å²) in [6, 6.07) is 11.3. The van der Waals surface area contributed by atoms with Crippen molar-refractivity contribution in [1.82, 2.24) is 5.32 Å². The molecule has 0 unspecified atom stereocenters. The molecule has 2 rings (SSSR count). The minimum Gasteiger partial charge on any atom is -0.495 e. The summed E-state index contributed by atoms with van der Waals surface area (Å²) in [5.74, 6) is 0.902. The maximum Gasteiger partial charge on any atom is 0.243 e. The molecule has 170 valence electrons. The van der Waals surface area contributed by atoms with Crippen molar-refractivity contribution in [2.45, 2.75) is 32.7 Å². The van der Waals surface area contributed by atoms with E-state index in [0.717, 1.165) is 21.9 Å². The van der Waals surface area contributed by atoms with Crippen LogP contribution >= 0.6 is 11.6 Å². The van der Waals surface area contributed by atoms with Crippen LogP contribution in [0.15, 0.2) is 42.5 Å². The molecule has 0 spiro atoms. The van der Waals surface area contributed by atoms with E-state index in [9.17, 15) is 13.2 Å². The number of nitrogens with one attached hydrogen (secondary N) is 1. The first-order chi connectivity index (χ1) is 14.6. The number of hydrogen-bond acceptors (Lipinski definition) is 5. The monoisotopic (exact) mass is 468 g/mol. The van der Waals surface area contributed by atoms with Crippen LogP contribution in [0.25, 0.3) is 0 Å². The molecule has 0 bridgehead atoms. The van der Waals surface area contributed by atoms with Crippen LogP contribution in [0.3, 0.4) is 0 Å². The van der Waals surface area contributed by atoms with Gasteiger partial charge in [-0.05, 0) is 42.7 Å². The number of carbonyl (C=O) groups excluding carboxylic acids is 1. The number of halogens is 1. The number of anilines is 1. The second-order valence-electron chi connectivity index (χ2n) is 7.38. The highest BCUT2D eigenvalue weighted by Crippen LogP contribution is 2.34. The average molecular weight is 469 g/mol. The van der Waals surface area contributed by atoms with Gasteiger partial charge in [-0.3, -0.25) is 9.10 Å². The van der Waals surface area contributed by atoms with Gasteiger partial charge in [-0.2, -0.15) is 0 Å². The number of nitrogens with zero attached hydrogens (tertiary/aromatic N) is 1. The van der Waals surface area contributed by atoms with Crippen molar-refractivity contribution in [3.05, 3.63) is 53.1 Å². The Labute approximate surface area is 189 Å². The van der Waals surface area contributed by atoms with Gasteiger partial charge in [0.15, 0.2) is 0 Å². The van der Waals surface area contributed by atoms with E-state index in [1.165, 1.54) is 20.1 Å². The Kier molecular flexibility index (Phi) is 8.59. The lowest BCUT2D eigenvalue weighted by molar-refractivity contribution is -0.121. The first kappa shape index (κ1) is 24.8. The first-order valence-corrected chi connectivity index (χ1v) is 12.1. The molecule has 2 aromatic carbocycles. The molecular weight excluding hydrogens is 440 g/mol. The highest BCUT2D eigenvalue weighted by Gasteiger charge is 2.31. The van der Waals surface area contributed by atoms with Crippen LogP contribution in [0, 0.1) is 0 Å². The second kappa shape index (κ2) is 10.7. The third kappa shape index (κ3) is 6.51. The molecule has 0 aromatic heterocycles. The van der Waals surface area contributed by atoms with E-state index in [1.54, 1.807) is 12.1 Å². The SMILES string of the molecule is COc1ccc(Cl)cc1N([C@H](C)C(=O)NCCOc1ccccc1C(C)C)S(C)(=O)=O. The Hall–Kier alpha value is -2.45. The fraction of sp³-hybridized carbons (Fsp3) is 0.409. The van der Waals surface area contributed by atoms with Gasteiger partial charge in [-0.25, -0.2) is 8.42 Å². The second-order valence-corrected chi connectivity index (χ2v) is 9.68. The number of carbonyl (C=O) groups is 1. The van der Waals surface area contributed by atoms with Gasteiger partial charge >= 0.3 is 0 Å². The summed E-state index contributed by atoms with van der Waals surface area (Å²) in [6.07, 6.45) is 1.03. The van der Waals surface area contributed by atoms with Crippen molar-refractivity contribution in [2.75, 3.05) is 30.8 Å². The highest BCUT2D eigenvalue weighted by atomic mass is 35.5. The van der Waals surface area contributed by atoms with Gasteiger partial charge in [-0.1, -0.05) is 43.6 Å². The van der Waals surface area contributed by atoms with Gasteiger partial charge in [0.1, 0.15) is 24.1 Å². The van der Waals surface area contributed by atoms with Gasteiger partial charge in [-0.15, -0.1) is 0 Å². The molecule has 2 aromatic rings. The maximum atomic E-state index is 12.7. The van der Waals surface area contributed by atoms with Crippen molar-refractivity contribution in [1.29, 1.82) is 0 Å². The van der Waals surface area contributed by atoms with Crippen molar-refractivity contribution >= 4 is 33.2 Å². The summed E-state index contributed by atoms with van der Waals surface area (Å²) in [5.41, 5.74) is 1.28. The fourth-order valence-corrected chi connectivity index (χ4v) is 4.52. The lowest BCUT2D eigenvalue weighted by Gasteiger charge is -2.29. The van der Waals surface area contributed by atoms with Crippen LogP contribution in [0.4, 0.5) is 5.69 Å². The molecule has 0 aliphatic rings. The predicted octanol–water partition coefficient (Wildman–Crippen LogP) is 3.82. The van der Waals surface area contributed by atoms with Crippen LogP contribution in [0.1, 0.15) is 32.3 Å². The van der Waals surface area contributed by atoms with E-state index in [4.69, 9.17) is 21.1 Å². The van der Waals surface area contributed by atoms with Gasteiger partial charge in [0.05, 0.1) is 25.6 Å². The van der Waals surface area contributed by atoms with E-state index < -0.39 is 22.0 Å². The van der Waals surface area contributed by atoms with E-state index in [2.05, 4.69) is 19.2 Å². The van der Waals surface area contributed by atoms with Gasteiger partial charge in [0, 0.05) is 5.02 Å². The number of hydrogen-bond donors (Lipinski definition) is 1. The predicted molar refractivity (Wildman–Crippen MR) is 124 cm³/mol. The smallest absolute Gasteiger partial charge is 0.243 e. The van der Waals surface area contributed by atoms with E-state index >= 15 is 0 Å². The van der Waals surface area contributed by atoms with Crippen molar-refractivity contribution in [3.8, 4) is 11.5 Å².